The van der Waals surface area contributed by atoms with Crippen molar-refractivity contribution in [3.63, 3.8) is 0 Å². The van der Waals surface area contributed by atoms with E-state index < -0.39 is 0 Å². The topological polar surface area (TPSA) is 0 Å². The van der Waals surface area contributed by atoms with Gasteiger partial charge in [-0.05, 0) is 18.2 Å². The Hall–Kier alpha value is -1.000. The van der Waals surface area contributed by atoms with Crippen molar-refractivity contribution in [1.82, 2.24) is 0 Å². The average molecular weight is 221 g/mol. The minimum absolute atomic E-state index is 0.743. The third-order valence-electron chi connectivity index (χ3n) is 1.30. The highest BCUT2D eigenvalue weighted by Crippen LogP contribution is 2.10. The Morgan fingerprint density at radius 2 is 2.33 bits per heavy atom. The summed E-state index contributed by atoms with van der Waals surface area (Å²) >= 11 is 3.38. The van der Waals surface area contributed by atoms with Crippen LogP contribution in [-0.2, 0) is 0 Å². The number of hydrogen-bond donors (Lipinski definition) is 0. The van der Waals surface area contributed by atoms with Crippen LogP contribution in [0.25, 0.3) is 0 Å². The largest absolute Gasteiger partial charge is 0.102 e. The summed E-state index contributed by atoms with van der Waals surface area (Å²) in [5, 5.41) is 0. The van der Waals surface area contributed by atoms with Gasteiger partial charge in [-0.3, -0.25) is 0 Å². The molecule has 1 heteroatoms. The van der Waals surface area contributed by atoms with E-state index in [1.807, 2.05) is 24.3 Å². The molecule has 0 aromatic heterocycles. The predicted molar refractivity (Wildman–Crippen MR) is 55.8 cm³/mol. The number of halogens is 1. The second-order valence-electron chi connectivity index (χ2n) is 2.30. The van der Waals surface area contributed by atoms with Gasteiger partial charge >= 0.3 is 0 Å². The quantitative estimate of drug-likeness (QED) is 0.503. The van der Waals surface area contributed by atoms with Crippen molar-refractivity contribution in [2.75, 3.05) is 0 Å². The number of allylic oxidation sites excluding steroid dienone is 1. The number of rotatable bonds is 1. The van der Waals surface area contributed by atoms with Gasteiger partial charge in [-0.2, -0.15) is 0 Å². The Morgan fingerprint density at radius 3 is 3.00 bits per heavy atom. The van der Waals surface area contributed by atoms with Gasteiger partial charge in [0.1, 0.15) is 0 Å². The maximum Gasteiger partial charge on any atom is 0.0270 e. The molecule has 0 saturated carbocycles. The van der Waals surface area contributed by atoms with Crippen LogP contribution in [0.15, 0.2) is 41.4 Å². The first-order valence-corrected chi connectivity index (χ1v) is 4.47. The maximum atomic E-state index is 3.60. The van der Waals surface area contributed by atoms with Crippen LogP contribution in [0.5, 0.6) is 0 Å². The summed E-state index contributed by atoms with van der Waals surface area (Å²) in [6, 6.07) is 7.94. The van der Waals surface area contributed by atoms with Crippen LogP contribution in [0.2, 0.25) is 0 Å². The molecule has 60 valence electrons. The zero-order chi connectivity index (χ0) is 8.81. The molecule has 0 atom stereocenters. The lowest BCUT2D eigenvalue weighted by molar-refractivity contribution is 1.48. The third kappa shape index (κ3) is 2.94. The highest BCUT2D eigenvalue weighted by atomic mass is 79.9. The lowest BCUT2D eigenvalue weighted by atomic mass is 10.2. The van der Waals surface area contributed by atoms with Crippen LogP contribution in [-0.4, -0.2) is 0 Å². The Bertz CT molecular complexity index is 328. The second kappa shape index (κ2) is 4.79. The molecule has 0 fully saturated rings. The summed E-state index contributed by atoms with van der Waals surface area (Å²) in [5.41, 5.74) is 1.03. The van der Waals surface area contributed by atoms with Crippen molar-refractivity contribution in [2.45, 2.75) is 6.42 Å². The van der Waals surface area contributed by atoms with Crippen molar-refractivity contribution >= 4 is 15.9 Å². The second-order valence-corrected chi connectivity index (χ2v) is 3.22. The monoisotopic (exact) mass is 220 g/mol. The van der Waals surface area contributed by atoms with E-state index >= 15 is 0 Å². The SMILES string of the molecule is C=CCC#Cc1cccc(Br)c1. The van der Waals surface area contributed by atoms with Crippen LogP contribution < -0.4 is 0 Å². The Morgan fingerprint density at radius 1 is 1.50 bits per heavy atom. The van der Waals surface area contributed by atoms with Crippen molar-refractivity contribution in [2.24, 2.45) is 0 Å². The number of hydrogen-bond acceptors (Lipinski definition) is 0. The van der Waals surface area contributed by atoms with E-state index in [1.54, 1.807) is 6.08 Å². The first-order valence-electron chi connectivity index (χ1n) is 3.68. The first kappa shape index (κ1) is 9.09. The van der Waals surface area contributed by atoms with Crippen LogP contribution in [0.3, 0.4) is 0 Å². The summed E-state index contributed by atoms with van der Waals surface area (Å²) in [5.74, 6) is 6.02. The molecule has 1 aromatic rings. The zero-order valence-electron chi connectivity index (χ0n) is 6.68. The Balaban J connectivity index is 2.77. The van der Waals surface area contributed by atoms with Gasteiger partial charge in [-0.1, -0.05) is 39.9 Å². The fraction of sp³-hybridized carbons (Fsp3) is 0.0909. The molecule has 0 bridgehead atoms. The molecule has 1 aromatic carbocycles. The fourth-order valence-corrected chi connectivity index (χ4v) is 1.19. The van der Waals surface area contributed by atoms with E-state index in [0.29, 0.717) is 0 Å². The molecule has 0 amide bonds. The highest BCUT2D eigenvalue weighted by Gasteiger charge is 1.86. The van der Waals surface area contributed by atoms with Gasteiger partial charge in [0.2, 0.25) is 0 Å². The number of benzene rings is 1. The molecule has 0 spiro atoms. The van der Waals surface area contributed by atoms with E-state index in [9.17, 15) is 0 Å². The molecular formula is C11H9Br. The van der Waals surface area contributed by atoms with Crippen molar-refractivity contribution in [3.05, 3.63) is 47.0 Å². The molecule has 0 radical (unpaired) electrons. The molecule has 12 heavy (non-hydrogen) atoms. The molecule has 0 nitrogen and oxygen atoms in total. The van der Waals surface area contributed by atoms with E-state index in [1.165, 1.54) is 0 Å². The van der Waals surface area contributed by atoms with Gasteiger partial charge in [-0.25, -0.2) is 0 Å². The van der Waals surface area contributed by atoms with Gasteiger partial charge in [0.15, 0.2) is 0 Å². The zero-order valence-corrected chi connectivity index (χ0v) is 8.26. The molecule has 0 aliphatic rings. The van der Waals surface area contributed by atoms with Gasteiger partial charge in [0.25, 0.3) is 0 Å². The van der Waals surface area contributed by atoms with Gasteiger partial charge in [0, 0.05) is 16.5 Å². The molecular weight excluding hydrogens is 212 g/mol. The van der Waals surface area contributed by atoms with E-state index in [-0.39, 0.29) is 0 Å². The molecule has 0 aliphatic heterocycles. The van der Waals surface area contributed by atoms with Crippen LogP contribution >= 0.6 is 15.9 Å². The standard InChI is InChI=1S/C11H9Br/c1-2-3-4-6-10-7-5-8-11(12)9-10/h2,5,7-9H,1,3H2. The lowest BCUT2D eigenvalue weighted by Gasteiger charge is -1.89. The summed E-state index contributed by atoms with van der Waals surface area (Å²) in [6.45, 7) is 3.60. The summed E-state index contributed by atoms with van der Waals surface area (Å²) in [7, 11) is 0. The smallest absolute Gasteiger partial charge is 0.0270 e. The summed E-state index contributed by atoms with van der Waals surface area (Å²) < 4.78 is 1.06. The molecule has 0 aliphatic carbocycles. The normalized spacial score (nSPS) is 8.42. The molecule has 0 saturated heterocycles. The summed E-state index contributed by atoms with van der Waals surface area (Å²) in [4.78, 5) is 0. The maximum absolute atomic E-state index is 3.60. The van der Waals surface area contributed by atoms with Gasteiger partial charge < -0.3 is 0 Å². The minimum atomic E-state index is 0.743. The van der Waals surface area contributed by atoms with Crippen LogP contribution in [0.1, 0.15) is 12.0 Å². The van der Waals surface area contributed by atoms with Gasteiger partial charge in [0.05, 0.1) is 0 Å². The predicted octanol–water partition coefficient (Wildman–Crippen LogP) is 3.38. The minimum Gasteiger partial charge on any atom is -0.102 e. The van der Waals surface area contributed by atoms with E-state index in [2.05, 4.69) is 34.3 Å². The molecule has 0 N–H and O–H groups in total. The molecule has 1 rings (SSSR count). The summed E-state index contributed by atoms with van der Waals surface area (Å²) in [6.07, 6.45) is 2.54. The van der Waals surface area contributed by atoms with Crippen molar-refractivity contribution < 1.29 is 0 Å². The first-order chi connectivity index (χ1) is 5.83. The average Bonchev–Trinajstić information content (AvgIpc) is 2.05. The van der Waals surface area contributed by atoms with E-state index in [0.717, 1.165) is 16.5 Å². The highest BCUT2D eigenvalue weighted by molar-refractivity contribution is 9.10. The molecule has 0 heterocycles. The van der Waals surface area contributed by atoms with Gasteiger partial charge in [-0.15, -0.1) is 6.58 Å². The van der Waals surface area contributed by atoms with Crippen LogP contribution in [0.4, 0.5) is 0 Å². The van der Waals surface area contributed by atoms with Crippen LogP contribution in [0, 0.1) is 11.8 Å². The van der Waals surface area contributed by atoms with Crippen molar-refractivity contribution in [3.8, 4) is 11.8 Å². The van der Waals surface area contributed by atoms with Crippen molar-refractivity contribution in [1.29, 1.82) is 0 Å². The third-order valence-corrected chi connectivity index (χ3v) is 1.80. The Kier molecular flexibility index (Phi) is 3.63. The fourth-order valence-electron chi connectivity index (χ4n) is 0.791. The lowest BCUT2D eigenvalue weighted by Crippen LogP contribution is -1.72. The molecule has 0 unspecified atom stereocenters. The Labute approximate surface area is 81.4 Å². The van der Waals surface area contributed by atoms with E-state index in [4.69, 9.17) is 0 Å².